The molecule has 2 aliphatic rings. The smallest absolute Gasteiger partial charge is 0.412 e. The lowest BCUT2D eigenvalue weighted by Gasteiger charge is -2.23. The van der Waals surface area contributed by atoms with E-state index in [1.807, 2.05) is 58.9 Å². The van der Waals surface area contributed by atoms with Gasteiger partial charge in [-0.1, -0.05) is 12.1 Å². The SMILES string of the molecule is CC(C)(C)OC(=O)Nc1ccc([C@H]2CC(O)[C@@H]3OC(C)(C)O[C@H]23)cc1. The third kappa shape index (κ3) is 4.14. The quantitative estimate of drug-likeness (QED) is 0.856. The van der Waals surface area contributed by atoms with E-state index in [-0.39, 0.29) is 18.1 Å². The van der Waals surface area contributed by atoms with Crippen molar-refractivity contribution in [2.24, 2.45) is 0 Å². The van der Waals surface area contributed by atoms with E-state index < -0.39 is 23.6 Å². The summed E-state index contributed by atoms with van der Waals surface area (Å²) in [6, 6.07) is 7.56. The number of rotatable bonds is 2. The van der Waals surface area contributed by atoms with Gasteiger partial charge in [0.1, 0.15) is 11.7 Å². The third-order valence-corrected chi connectivity index (χ3v) is 4.42. The molecule has 1 aromatic carbocycles. The highest BCUT2D eigenvalue weighted by Gasteiger charge is 2.53. The van der Waals surface area contributed by atoms with Crippen LogP contribution in [0.5, 0.6) is 0 Å². The summed E-state index contributed by atoms with van der Waals surface area (Å²) in [7, 11) is 0. The minimum absolute atomic E-state index is 0.0670. The van der Waals surface area contributed by atoms with Gasteiger partial charge in [0.2, 0.25) is 0 Å². The highest BCUT2D eigenvalue weighted by Crippen LogP contribution is 2.46. The van der Waals surface area contributed by atoms with Gasteiger partial charge in [-0.25, -0.2) is 4.79 Å². The first-order valence-electron chi connectivity index (χ1n) is 8.68. The highest BCUT2D eigenvalue weighted by molar-refractivity contribution is 5.84. The summed E-state index contributed by atoms with van der Waals surface area (Å²) in [5.41, 5.74) is 1.19. The van der Waals surface area contributed by atoms with Crippen molar-refractivity contribution in [3.8, 4) is 0 Å². The number of aliphatic hydroxyl groups excluding tert-OH is 1. The van der Waals surface area contributed by atoms with Crippen molar-refractivity contribution < 1.29 is 24.1 Å². The summed E-state index contributed by atoms with van der Waals surface area (Å²) in [4.78, 5) is 11.8. The molecule has 3 rings (SSSR count). The fourth-order valence-corrected chi connectivity index (χ4v) is 3.52. The van der Waals surface area contributed by atoms with Crippen LogP contribution in [-0.2, 0) is 14.2 Å². The van der Waals surface area contributed by atoms with Crippen molar-refractivity contribution in [2.45, 2.75) is 76.7 Å². The number of fused-ring (bicyclic) bond motifs is 1. The second kappa shape index (κ2) is 6.27. The summed E-state index contributed by atoms with van der Waals surface area (Å²) < 4.78 is 17.0. The number of carbonyl (C=O) groups excluding carboxylic acids is 1. The zero-order valence-electron chi connectivity index (χ0n) is 15.4. The van der Waals surface area contributed by atoms with Gasteiger partial charge >= 0.3 is 6.09 Å². The molecule has 138 valence electrons. The number of amides is 1. The normalized spacial score (nSPS) is 30.8. The minimum atomic E-state index is -0.673. The van der Waals surface area contributed by atoms with Crippen LogP contribution in [0.25, 0.3) is 0 Å². The van der Waals surface area contributed by atoms with Gasteiger partial charge < -0.3 is 19.3 Å². The van der Waals surface area contributed by atoms with Crippen molar-refractivity contribution in [1.29, 1.82) is 0 Å². The Morgan fingerprint density at radius 3 is 2.40 bits per heavy atom. The van der Waals surface area contributed by atoms with Gasteiger partial charge in [0.05, 0.1) is 12.2 Å². The summed E-state index contributed by atoms with van der Waals surface area (Å²) in [6.45, 7) is 9.19. The van der Waals surface area contributed by atoms with Crippen LogP contribution >= 0.6 is 0 Å². The average Bonchev–Trinajstić information content (AvgIpc) is 2.92. The maximum Gasteiger partial charge on any atom is 0.412 e. The molecule has 0 radical (unpaired) electrons. The number of ether oxygens (including phenoxy) is 3. The summed E-state index contributed by atoms with van der Waals surface area (Å²) in [6.07, 6.45) is -0.860. The first-order chi connectivity index (χ1) is 11.5. The molecule has 1 saturated carbocycles. The molecular weight excluding hydrogens is 322 g/mol. The van der Waals surface area contributed by atoms with Crippen LogP contribution < -0.4 is 5.32 Å². The molecule has 1 amide bonds. The second-order valence-electron chi connectivity index (χ2n) is 8.22. The lowest BCUT2D eigenvalue weighted by atomic mass is 9.95. The van der Waals surface area contributed by atoms with Crippen molar-refractivity contribution >= 4 is 11.8 Å². The fourth-order valence-electron chi connectivity index (χ4n) is 3.52. The Morgan fingerprint density at radius 2 is 1.80 bits per heavy atom. The Balaban J connectivity index is 1.68. The zero-order chi connectivity index (χ0) is 18.4. The summed E-state index contributed by atoms with van der Waals surface area (Å²) in [5, 5.41) is 13.0. The summed E-state index contributed by atoms with van der Waals surface area (Å²) in [5.74, 6) is -0.606. The Kier molecular flexibility index (Phi) is 4.56. The standard InChI is InChI=1S/C19H27NO5/c1-18(2,3)25-17(22)20-12-8-6-11(7-9-12)13-10-14(21)16-15(13)23-19(4,5)24-16/h6-9,13-16,21H,10H2,1-5H3,(H,20,22)/t13-,14?,15-,16+/m1/s1. The lowest BCUT2D eigenvalue weighted by Crippen LogP contribution is -2.28. The first-order valence-corrected chi connectivity index (χ1v) is 8.68. The maximum absolute atomic E-state index is 11.8. The highest BCUT2D eigenvalue weighted by atomic mass is 16.8. The molecule has 0 spiro atoms. The molecule has 1 unspecified atom stereocenters. The molecule has 1 aromatic rings. The minimum Gasteiger partial charge on any atom is -0.444 e. The van der Waals surface area contributed by atoms with Gasteiger partial charge in [-0.3, -0.25) is 5.32 Å². The Morgan fingerprint density at radius 1 is 1.20 bits per heavy atom. The van der Waals surface area contributed by atoms with E-state index >= 15 is 0 Å². The molecule has 25 heavy (non-hydrogen) atoms. The maximum atomic E-state index is 11.8. The number of hydrogen-bond acceptors (Lipinski definition) is 5. The molecule has 6 heteroatoms. The average molecular weight is 349 g/mol. The second-order valence-corrected chi connectivity index (χ2v) is 8.22. The Bertz CT molecular complexity index is 634. The van der Waals surface area contributed by atoms with Crippen molar-refractivity contribution in [3.05, 3.63) is 29.8 Å². The number of carbonyl (C=O) groups is 1. The molecule has 1 heterocycles. The van der Waals surface area contributed by atoms with E-state index in [0.717, 1.165) is 5.56 Å². The molecule has 0 bridgehead atoms. The number of aliphatic hydroxyl groups is 1. The van der Waals surface area contributed by atoms with Gasteiger partial charge in [0, 0.05) is 11.6 Å². The third-order valence-electron chi connectivity index (χ3n) is 4.42. The van der Waals surface area contributed by atoms with Crippen LogP contribution in [0, 0.1) is 0 Å². The molecular formula is C19H27NO5. The van der Waals surface area contributed by atoms with Crippen molar-refractivity contribution in [3.63, 3.8) is 0 Å². The lowest BCUT2D eigenvalue weighted by molar-refractivity contribution is -0.163. The van der Waals surface area contributed by atoms with Gasteiger partial charge in [-0.2, -0.15) is 0 Å². The zero-order valence-corrected chi connectivity index (χ0v) is 15.4. The topological polar surface area (TPSA) is 77.0 Å². The Labute approximate surface area is 148 Å². The largest absolute Gasteiger partial charge is 0.444 e. The van der Waals surface area contributed by atoms with Crippen LogP contribution in [0.1, 0.15) is 52.5 Å². The van der Waals surface area contributed by atoms with Crippen LogP contribution in [0.15, 0.2) is 24.3 Å². The van der Waals surface area contributed by atoms with E-state index in [0.29, 0.717) is 12.1 Å². The van der Waals surface area contributed by atoms with Gasteiger partial charge in [-0.15, -0.1) is 0 Å². The van der Waals surface area contributed by atoms with E-state index in [2.05, 4.69) is 5.32 Å². The molecule has 2 fully saturated rings. The molecule has 1 saturated heterocycles. The van der Waals surface area contributed by atoms with Crippen LogP contribution in [0.2, 0.25) is 0 Å². The molecule has 6 nitrogen and oxygen atoms in total. The number of benzene rings is 1. The van der Waals surface area contributed by atoms with Gasteiger partial charge in [0.15, 0.2) is 5.79 Å². The van der Waals surface area contributed by atoms with Crippen LogP contribution in [-0.4, -0.2) is 40.9 Å². The first kappa shape index (κ1) is 18.2. The van der Waals surface area contributed by atoms with Crippen molar-refractivity contribution in [2.75, 3.05) is 5.32 Å². The summed E-state index contributed by atoms with van der Waals surface area (Å²) >= 11 is 0. The van der Waals surface area contributed by atoms with E-state index in [1.54, 1.807) is 0 Å². The molecule has 2 N–H and O–H groups in total. The molecule has 1 aliphatic heterocycles. The van der Waals surface area contributed by atoms with Gasteiger partial charge in [-0.05, 0) is 58.7 Å². The number of hydrogen-bond donors (Lipinski definition) is 2. The van der Waals surface area contributed by atoms with E-state index in [1.165, 1.54) is 0 Å². The number of nitrogens with one attached hydrogen (secondary N) is 1. The molecule has 0 aromatic heterocycles. The predicted molar refractivity (Wildman–Crippen MR) is 93.5 cm³/mol. The Hall–Kier alpha value is -1.63. The van der Waals surface area contributed by atoms with Crippen LogP contribution in [0.3, 0.4) is 0 Å². The van der Waals surface area contributed by atoms with Gasteiger partial charge in [0.25, 0.3) is 0 Å². The number of anilines is 1. The van der Waals surface area contributed by atoms with E-state index in [9.17, 15) is 9.90 Å². The predicted octanol–water partition coefficient (Wildman–Crippen LogP) is 3.40. The van der Waals surface area contributed by atoms with Crippen LogP contribution in [0.4, 0.5) is 10.5 Å². The van der Waals surface area contributed by atoms with E-state index in [4.69, 9.17) is 14.2 Å². The molecule has 1 aliphatic carbocycles. The molecule has 4 atom stereocenters. The fraction of sp³-hybridized carbons (Fsp3) is 0.632. The van der Waals surface area contributed by atoms with Crippen molar-refractivity contribution in [1.82, 2.24) is 0 Å². The monoisotopic (exact) mass is 349 g/mol.